The largest absolute Gasteiger partial charge is 0.399 e. The lowest BCUT2D eigenvalue weighted by molar-refractivity contribution is 0.102. The summed E-state index contributed by atoms with van der Waals surface area (Å²) in [4.78, 5) is 12.1. The summed E-state index contributed by atoms with van der Waals surface area (Å²) in [5, 5.41) is 3.16. The number of anilines is 2. The standard InChI is InChI=1S/C13H9Br2ClN2O/c14-7-1-3-9(11(16)5-7)13(19)18-12-4-2-8(17)6-10(12)15/h1-6H,17H2,(H,18,19). The van der Waals surface area contributed by atoms with Crippen LogP contribution in [0.1, 0.15) is 10.4 Å². The van der Waals surface area contributed by atoms with E-state index in [9.17, 15) is 4.79 Å². The van der Waals surface area contributed by atoms with E-state index in [0.29, 0.717) is 26.4 Å². The summed E-state index contributed by atoms with van der Waals surface area (Å²) in [5.41, 5.74) is 7.31. The molecule has 0 aliphatic carbocycles. The molecule has 6 heteroatoms. The number of hydrogen-bond donors (Lipinski definition) is 2. The highest BCUT2D eigenvalue weighted by Crippen LogP contribution is 2.27. The molecule has 0 unspecified atom stereocenters. The average molecular weight is 404 g/mol. The van der Waals surface area contributed by atoms with Gasteiger partial charge in [0.2, 0.25) is 0 Å². The SMILES string of the molecule is Nc1ccc(NC(=O)c2ccc(Br)cc2Cl)c(Br)c1. The molecule has 0 atom stereocenters. The molecule has 1 amide bonds. The minimum Gasteiger partial charge on any atom is -0.399 e. The number of carbonyl (C=O) groups excluding carboxylic acids is 1. The third kappa shape index (κ3) is 3.49. The number of benzene rings is 2. The second kappa shape index (κ2) is 5.94. The number of nitrogens with two attached hydrogens (primary N) is 1. The second-order valence-corrected chi connectivity index (χ2v) is 5.99. The molecular formula is C13H9Br2ClN2O. The molecule has 0 heterocycles. The van der Waals surface area contributed by atoms with Gasteiger partial charge in [0.15, 0.2) is 0 Å². The summed E-state index contributed by atoms with van der Waals surface area (Å²) < 4.78 is 1.54. The quantitative estimate of drug-likeness (QED) is 0.713. The van der Waals surface area contributed by atoms with Crippen molar-refractivity contribution < 1.29 is 4.79 Å². The van der Waals surface area contributed by atoms with Crippen LogP contribution in [-0.2, 0) is 0 Å². The van der Waals surface area contributed by atoms with Crippen molar-refractivity contribution in [2.24, 2.45) is 0 Å². The number of nitrogen functional groups attached to an aromatic ring is 1. The van der Waals surface area contributed by atoms with Crippen molar-refractivity contribution in [3.05, 3.63) is 55.9 Å². The van der Waals surface area contributed by atoms with Crippen molar-refractivity contribution in [3.63, 3.8) is 0 Å². The van der Waals surface area contributed by atoms with Gasteiger partial charge >= 0.3 is 0 Å². The molecule has 2 rings (SSSR count). The van der Waals surface area contributed by atoms with E-state index in [1.807, 2.05) is 0 Å². The van der Waals surface area contributed by atoms with E-state index in [1.165, 1.54) is 0 Å². The summed E-state index contributed by atoms with van der Waals surface area (Å²) in [7, 11) is 0. The fourth-order valence-electron chi connectivity index (χ4n) is 1.50. The first-order chi connectivity index (χ1) is 8.97. The van der Waals surface area contributed by atoms with Gasteiger partial charge in [-0.1, -0.05) is 27.5 Å². The van der Waals surface area contributed by atoms with Crippen LogP contribution < -0.4 is 11.1 Å². The maximum absolute atomic E-state index is 12.1. The van der Waals surface area contributed by atoms with Crippen LogP contribution >= 0.6 is 43.5 Å². The van der Waals surface area contributed by atoms with Gasteiger partial charge in [0.1, 0.15) is 0 Å². The molecule has 0 spiro atoms. The summed E-state index contributed by atoms with van der Waals surface area (Å²) in [6.07, 6.45) is 0. The van der Waals surface area contributed by atoms with Crippen LogP contribution in [0.3, 0.4) is 0 Å². The Kier molecular flexibility index (Phi) is 4.50. The predicted octanol–water partition coefficient (Wildman–Crippen LogP) is 4.70. The number of amides is 1. The molecule has 0 radical (unpaired) electrons. The summed E-state index contributed by atoms with van der Waals surface area (Å²) in [5.74, 6) is -0.275. The van der Waals surface area contributed by atoms with Crippen LogP contribution in [0.5, 0.6) is 0 Å². The lowest BCUT2D eigenvalue weighted by atomic mass is 10.2. The van der Waals surface area contributed by atoms with Crippen LogP contribution in [0, 0.1) is 0 Å². The van der Waals surface area contributed by atoms with Crippen molar-refractivity contribution in [1.29, 1.82) is 0 Å². The molecule has 2 aromatic carbocycles. The van der Waals surface area contributed by atoms with Crippen LogP contribution in [0.2, 0.25) is 5.02 Å². The van der Waals surface area contributed by atoms with E-state index < -0.39 is 0 Å². The van der Waals surface area contributed by atoms with Crippen LogP contribution in [0.25, 0.3) is 0 Å². The molecule has 2 aromatic rings. The highest BCUT2D eigenvalue weighted by Gasteiger charge is 2.12. The molecule has 0 saturated heterocycles. The second-order valence-electron chi connectivity index (χ2n) is 3.82. The Labute approximate surface area is 132 Å². The first-order valence-electron chi connectivity index (χ1n) is 5.29. The van der Waals surface area contributed by atoms with Crippen molar-refractivity contribution >= 4 is 60.7 Å². The van der Waals surface area contributed by atoms with Crippen LogP contribution in [0.15, 0.2) is 45.3 Å². The Hall–Kier alpha value is -1.04. The van der Waals surface area contributed by atoms with Gasteiger partial charge < -0.3 is 11.1 Å². The zero-order valence-electron chi connectivity index (χ0n) is 9.58. The van der Waals surface area contributed by atoms with Crippen molar-refractivity contribution in [2.45, 2.75) is 0 Å². The fraction of sp³-hybridized carbons (Fsp3) is 0. The van der Waals surface area contributed by atoms with E-state index >= 15 is 0 Å². The van der Waals surface area contributed by atoms with Crippen molar-refractivity contribution in [2.75, 3.05) is 11.1 Å². The number of hydrogen-bond acceptors (Lipinski definition) is 2. The minimum atomic E-state index is -0.275. The summed E-state index contributed by atoms with van der Waals surface area (Å²) in [6.45, 7) is 0. The lowest BCUT2D eigenvalue weighted by Crippen LogP contribution is -2.12. The lowest BCUT2D eigenvalue weighted by Gasteiger charge is -2.09. The highest BCUT2D eigenvalue weighted by atomic mass is 79.9. The van der Waals surface area contributed by atoms with E-state index in [2.05, 4.69) is 37.2 Å². The van der Waals surface area contributed by atoms with Crippen molar-refractivity contribution in [3.8, 4) is 0 Å². The van der Waals surface area contributed by atoms with Gasteiger partial charge in [-0.3, -0.25) is 4.79 Å². The maximum Gasteiger partial charge on any atom is 0.257 e. The van der Waals surface area contributed by atoms with Crippen LogP contribution in [0.4, 0.5) is 11.4 Å². The van der Waals surface area contributed by atoms with Crippen LogP contribution in [-0.4, -0.2) is 5.91 Å². The van der Waals surface area contributed by atoms with E-state index in [-0.39, 0.29) is 5.91 Å². The molecule has 19 heavy (non-hydrogen) atoms. The first-order valence-corrected chi connectivity index (χ1v) is 7.25. The fourth-order valence-corrected chi connectivity index (χ4v) is 2.75. The number of nitrogens with one attached hydrogen (secondary N) is 1. The molecule has 3 N–H and O–H groups in total. The van der Waals surface area contributed by atoms with Crippen molar-refractivity contribution in [1.82, 2.24) is 0 Å². The van der Waals surface area contributed by atoms with E-state index in [1.54, 1.807) is 36.4 Å². The van der Waals surface area contributed by atoms with E-state index in [4.69, 9.17) is 17.3 Å². The zero-order chi connectivity index (χ0) is 14.0. The Bertz CT molecular complexity index is 647. The number of carbonyl (C=O) groups is 1. The maximum atomic E-state index is 12.1. The van der Waals surface area contributed by atoms with Gasteiger partial charge in [-0.15, -0.1) is 0 Å². The summed E-state index contributed by atoms with van der Waals surface area (Å²) in [6, 6.07) is 10.3. The predicted molar refractivity (Wildman–Crippen MR) is 85.7 cm³/mol. The molecular weight excluding hydrogens is 395 g/mol. The molecule has 0 saturated carbocycles. The normalized spacial score (nSPS) is 10.3. The Morgan fingerprint density at radius 3 is 2.53 bits per heavy atom. The topological polar surface area (TPSA) is 55.1 Å². The third-order valence-electron chi connectivity index (χ3n) is 2.42. The molecule has 0 fully saturated rings. The van der Waals surface area contributed by atoms with Gasteiger partial charge in [-0.05, 0) is 52.3 Å². The van der Waals surface area contributed by atoms with Gasteiger partial charge in [0, 0.05) is 14.6 Å². The van der Waals surface area contributed by atoms with Gasteiger partial charge in [-0.25, -0.2) is 0 Å². The third-order valence-corrected chi connectivity index (χ3v) is 3.88. The highest BCUT2D eigenvalue weighted by molar-refractivity contribution is 9.10. The summed E-state index contributed by atoms with van der Waals surface area (Å²) >= 11 is 12.7. The molecule has 0 aliphatic rings. The molecule has 0 bridgehead atoms. The molecule has 98 valence electrons. The Morgan fingerprint density at radius 2 is 1.89 bits per heavy atom. The van der Waals surface area contributed by atoms with Gasteiger partial charge in [0.25, 0.3) is 5.91 Å². The average Bonchev–Trinajstić information content (AvgIpc) is 2.32. The smallest absolute Gasteiger partial charge is 0.257 e. The monoisotopic (exact) mass is 402 g/mol. The van der Waals surface area contributed by atoms with Gasteiger partial charge in [-0.2, -0.15) is 0 Å². The molecule has 0 aliphatic heterocycles. The Balaban J connectivity index is 2.25. The number of halogens is 3. The zero-order valence-corrected chi connectivity index (χ0v) is 13.5. The van der Waals surface area contributed by atoms with E-state index in [0.717, 1.165) is 4.47 Å². The first kappa shape index (κ1) is 14.4. The molecule has 3 nitrogen and oxygen atoms in total. The number of rotatable bonds is 2. The van der Waals surface area contributed by atoms with Gasteiger partial charge in [0.05, 0.1) is 16.3 Å². The molecule has 0 aromatic heterocycles. The Morgan fingerprint density at radius 1 is 1.16 bits per heavy atom. The minimum absolute atomic E-state index is 0.275.